The van der Waals surface area contributed by atoms with Gasteiger partial charge in [0.2, 0.25) is 0 Å². The van der Waals surface area contributed by atoms with E-state index in [0.29, 0.717) is 5.69 Å². The molecule has 1 aromatic carbocycles. The van der Waals surface area contributed by atoms with Gasteiger partial charge in [-0.1, -0.05) is 6.07 Å². The normalized spacial score (nSPS) is 11.8. The van der Waals surface area contributed by atoms with Crippen LogP contribution >= 0.6 is 0 Å². The van der Waals surface area contributed by atoms with Crippen LogP contribution in [0.4, 0.5) is 26.3 Å². The number of hydrogen-bond acceptors (Lipinski definition) is 4. The maximum Gasteiger partial charge on any atom is 0.422 e. The van der Waals surface area contributed by atoms with Crippen LogP contribution in [-0.4, -0.2) is 48.4 Å². The maximum absolute atomic E-state index is 12.7. The molecule has 0 fully saturated rings. The number of ether oxygens (including phenoxy) is 2. The molecule has 0 unspecified atom stereocenters. The van der Waals surface area contributed by atoms with Gasteiger partial charge in [-0.3, -0.25) is 9.78 Å². The largest absolute Gasteiger partial charge is 0.484 e. The Balaban J connectivity index is 2.26. The lowest BCUT2D eigenvalue weighted by atomic mass is 10.1. The first-order chi connectivity index (χ1) is 13.4. The number of carbonyl (C=O) groups is 1. The number of aromatic nitrogens is 1. The summed E-state index contributed by atoms with van der Waals surface area (Å²) in [7, 11) is 1.37. The molecule has 1 aromatic heterocycles. The van der Waals surface area contributed by atoms with E-state index in [1.165, 1.54) is 13.2 Å². The number of rotatable bonds is 7. The van der Waals surface area contributed by atoms with E-state index in [9.17, 15) is 31.1 Å². The van der Waals surface area contributed by atoms with Crippen LogP contribution in [0.2, 0.25) is 0 Å². The first-order valence-electron chi connectivity index (χ1n) is 8.13. The van der Waals surface area contributed by atoms with Gasteiger partial charge in [0.25, 0.3) is 5.91 Å². The quantitative estimate of drug-likeness (QED) is 0.627. The Labute approximate surface area is 161 Å². The molecule has 0 saturated carbocycles. The zero-order valence-corrected chi connectivity index (χ0v) is 15.0. The van der Waals surface area contributed by atoms with Crippen molar-refractivity contribution in [1.82, 2.24) is 9.88 Å². The minimum absolute atomic E-state index is 0.0199. The molecule has 0 saturated heterocycles. The molecule has 29 heavy (non-hydrogen) atoms. The zero-order valence-electron chi connectivity index (χ0n) is 15.0. The van der Waals surface area contributed by atoms with Crippen molar-refractivity contribution in [2.45, 2.75) is 18.9 Å². The fraction of sp³-hybridized carbons (Fsp3) is 0.333. The van der Waals surface area contributed by atoms with Gasteiger partial charge in [-0.15, -0.1) is 0 Å². The predicted molar refractivity (Wildman–Crippen MR) is 89.6 cm³/mol. The molecule has 1 heterocycles. The average Bonchev–Trinajstić information content (AvgIpc) is 2.64. The third-order valence-electron chi connectivity index (χ3n) is 3.45. The van der Waals surface area contributed by atoms with Gasteiger partial charge in [0.1, 0.15) is 11.5 Å². The zero-order chi connectivity index (χ0) is 21.7. The number of nitrogens with zero attached hydrogens (tertiary/aromatic N) is 2. The standard InChI is InChI=1S/C18H16F6N2O3/c1-26(9-12-4-2-3-7-25-12)16(27)14-8-13(28-10-17(19,20)21)5-6-15(14)29-11-18(22,23)24/h2-8H,9-11H2,1H3. The number of hydrogen-bond donors (Lipinski definition) is 0. The average molecular weight is 422 g/mol. The van der Waals surface area contributed by atoms with Crippen LogP contribution in [0.5, 0.6) is 11.5 Å². The topological polar surface area (TPSA) is 51.7 Å². The first kappa shape index (κ1) is 22.3. The van der Waals surface area contributed by atoms with E-state index in [0.717, 1.165) is 23.1 Å². The Bertz CT molecular complexity index is 825. The second kappa shape index (κ2) is 9.01. The van der Waals surface area contributed by atoms with Gasteiger partial charge in [0.15, 0.2) is 13.2 Å². The van der Waals surface area contributed by atoms with Crippen molar-refractivity contribution in [3.63, 3.8) is 0 Å². The van der Waals surface area contributed by atoms with Gasteiger partial charge >= 0.3 is 12.4 Å². The molecule has 11 heteroatoms. The summed E-state index contributed by atoms with van der Waals surface area (Å²) in [5, 5.41) is 0. The molecule has 2 aromatic rings. The highest BCUT2D eigenvalue weighted by Crippen LogP contribution is 2.29. The number of amides is 1. The molecule has 2 rings (SSSR count). The Morgan fingerprint density at radius 3 is 2.24 bits per heavy atom. The van der Waals surface area contributed by atoms with E-state index in [1.54, 1.807) is 18.2 Å². The van der Waals surface area contributed by atoms with Crippen molar-refractivity contribution in [2.75, 3.05) is 20.3 Å². The van der Waals surface area contributed by atoms with Gasteiger partial charge in [-0.2, -0.15) is 26.3 Å². The molecule has 5 nitrogen and oxygen atoms in total. The highest BCUT2D eigenvalue weighted by atomic mass is 19.4. The van der Waals surface area contributed by atoms with Gasteiger partial charge in [0.05, 0.1) is 17.8 Å². The summed E-state index contributed by atoms with van der Waals surface area (Å²) >= 11 is 0. The summed E-state index contributed by atoms with van der Waals surface area (Å²) in [6.45, 7) is -3.26. The van der Waals surface area contributed by atoms with E-state index >= 15 is 0 Å². The van der Waals surface area contributed by atoms with Crippen molar-refractivity contribution >= 4 is 5.91 Å². The van der Waals surface area contributed by atoms with Crippen molar-refractivity contribution in [3.05, 3.63) is 53.9 Å². The Hall–Kier alpha value is -2.98. The molecule has 0 aliphatic heterocycles. The van der Waals surface area contributed by atoms with Crippen LogP contribution < -0.4 is 9.47 Å². The summed E-state index contributed by atoms with van der Waals surface area (Å²) in [5.41, 5.74) is 0.137. The fourth-order valence-corrected chi connectivity index (χ4v) is 2.23. The Morgan fingerprint density at radius 1 is 1.00 bits per heavy atom. The number of benzene rings is 1. The predicted octanol–water partition coefficient (Wildman–Crippen LogP) is 4.24. The van der Waals surface area contributed by atoms with E-state index in [1.807, 2.05) is 0 Å². The maximum atomic E-state index is 12.7. The summed E-state index contributed by atoms with van der Waals surface area (Å²) in [5.74, 6) is -1.54. The van der Waals surface area contributed by atoms with Crippen molar-refractivity contribution in [3.8, 4) is 11.5 Å². The molecule has 0 N–H and O–H groups in total. The van der Waals surface area contributed by atoms with Gasteiger partial charge < -0.3 is 14.4 Å². The Kier molecular flexibility index (Phi) is 6.93. The minimum atomic E-state index is -4.66. The van der Waals surface area contributed by atoms with Crippen LogP contribution in [0.25, 0.3) is 0 Å². The SMILES string of the molecule is CN(Cc1ccccn1)C(=O)c1cc(OCC(F)(F)F)ccc1OCC(F)(F)F. The van der Waals surface area contributed by atoms with Gasteiger partial charge in [-0.05, 0) is 30.3 Å². The Morgan fingerprint density at radius 2 is 1.66 bits per heavy atom. The number of alkyl halides is 6. The highest BCUT2D eigenvalue weighted by molar-refractivity contribution is 5.97. The molecular weight excluding hydrogens is 406 g/mol. The smallest absolute Gasteiger partial charge is 0.422 e. The molecule has 0 bridgehead atoms. The van der Waals surface area contributed by atoms with Crippen LogP contribution in [0, 0.1) is 0 Å². The fourth-order valence-electron chi connectivity index (χ4n) is 2.23. The molecule has 158 valence electrons. The van der Waals surface area contributed by atoms with E-state index in [2.05, 4.69) is 14.5 Å². The second-order valence-corrected chi connectivity index (χ2v) is 5.95. The van der Waals surface area contributed by atoms with Gasteiger partial charge in [-0.25, -0.2) is 0 Å². The number of pyridine rings is 1. The summed E-state index contributed by atoms with van der Waals surface area (Å²) in [6, 6.07) is 7.84. The van der Waals surface area contributed by atoms with Crippen LogP contribution in [0.1, 0.15) is 16.1 Å². The molecular formula is C18H16F6N2O3. The third-order valence-corrected chi connectivity index (χ3v) is 3.45. The number of carbonyl (C=O) groups excluding carboxylic acids is 1. The molecule has 0 aliphatic rings. The summed E-state index contributed by atoms with van der Waals surface area (Å²) in [4.78, 5) is 17.9. The minimum Gasteiger partial charge on any atom is -0.484 e. The van der Waals surface area contributed by atoms with E-state index in [4.69, 9.17) is 0 Å². The van der Waals surface area contributed by atoms with Crippen LogP contribution in [-0.2, 0) is 6.54 Å². The van der Waals surface area contributed by atoms with Crippen LogP contribution in [0.15, 0.2) is 42.6 Å². The van der Waals surface area contributed by atoms with Crippen molar-refractivity contribution in [1.29, 1.82) is 0 Å². The molecule has 0 aliphatic carbocycles. The van der Waals surface area contributed by atoms with E-state index in [-0.39, 0.29) is 17.9 Å². The molecule has 0 atom stereocenters. The van der Waals surface area contributed by atoms with Crippen LogP contribution in [0.3, 0.4) is 0 Å². The third kappa shape index (κ3) is 7.51. The summed E-state index contributed by atoms with van der Waals surface area (Å²) < 4.78 is 83.7. The number of halogens is 6. The lowest BCUT2D eigenvalue weighted by Crippen LogP contribution is -2.28. The van der Waals surface area contributed by atoms with Crippen molar-refractivity contribution < 1.29 is 40.6 Å². The lowest BCUT2D eigenvalue weighted by molar-refractivity contribution is -0.154. The summed E-state index contributed by atoms with van der Waals surface area (Å²) in [6.07, 6.45) is -7.78. The molecule has 0 radical (unpaired) electrons. The van der Waals surface area contributed by atoms with E-state index < -0.39 is 37.2 Å². The van der Waals surface area contributed by atoms with Gasteiger partial charge in [0, 0.05) is 13.2 Å². The van der Waals surface area contributed by atoms with Crippen molar-refractivity contribution in [2.24, 2.45) is 0 Å². The molecule has 0 spiro atoms. The molecule has 1 amide bonds. The monoisotopic (exact) mass is 422 g/mol. The lowest BCUT2D eigenvalue weighted by Gasteiger charge is -2.20. The highest BCUT2D eigenvalue weighted by Gasteiger charge is 2.31. The first-order valence-corrected chi connectivity index (χ1v) is 8.13. The second-order valence-electron chi connectivity index (χ2n) is 5.95.